The molecule has 0 aliphatic carbocycles. The van der Waals surface area contributed by atoms with Crippen LogP contribution in [-0.4, -0.2) is 51.3 Å². The number of urea groups is 1. The lowest BCUT2D eigenvalue weighted by Crippen LogP contribution is -2.57. The van der Waals surface area contributed by atoms with Gasteiger partial charge in [0.2, 0.25) is 0 Å². The summed E-state index contributed by atoms with van der Waals surface area (Å²) < 4.78 is 0. The van der Waals surface area contributed by atoms with Crippen molar-refractivity contribution >= 4 is 17.8 Å². The average Bonchev–Trinajstić information content (AvgIpc) is 2.93. The number of carbonyl (C=O) groups is 3. The number of rotatable bonds is 3. The monoisotopic (exact) mass is 364 g/mol. The van der Waals surface area contributed by atoms with Crippen molar-refractivity contribution in [2.45, 2.75) is 24.9 Å². The van der Waals surface area contributed by atoms with Gasteiger partial charge in [0.15, 0.2) is 0 Å². The van der Waals surface area contributed by atoms with Gasteiger partial charge in [-0.2, -0.15) is 0 Å². The van der Waals surface area contributed by atoms with Crippen molar-refractivity contribution in [3.05, 3.63) is 66.0 Å². The number of benzene rings is 1. The van der Waals surface area contributed by atoms with Crippen LogP contribution in [0.25, 0.3) is 0 Å². The van der Waals surface area contributed by atoms with E-state index in [1.54, 1.807) is 34.3 Å². The topological polar surface area (TPSA) is 82.6 Å². The molecule has 0 saturated carbocycles. The zero-order valence-corrected chi connectivity index (χ0v) is 14.8. The second-order valence-electron chi connectivity index (χ2n) is 6.89. The van der Waals surface area contributed by atoms with Crippen molar-refractivity contribution in [2.24, 2.45) is 0 Å². The third kappa shape index (κ3) is 3.05. The number of imide groups is 1. The molecular formula is C20H20N4O3. The fraction of sp³-hybridized carbons (Fsp3) is 0.300. The van der Waals surface area contributed by atoms with Crippen LogP contribution in [0.4, 0.5) is 4.79 Å². The van der Waals surface area contributed by atoms with Gasteiger partial charge >= 0.3 is 6.03 Å². The molecule has 7 heteroatoms. The number of carbonyl (C=O) groups excluding carboxylic acids is 3. The first kappa shape index (κ1) is 17.2. The first-order valence-electron chi connectivity index (χ1n) is 8.96. The van der Waals surface area contributed by atoms with Gasteiger partial charge in [-0.05, 0) is 30.5 Å². The molecule has 2 saturated heterocycles. The van der Waals surface area contributed by atoms with Crippen LogP contribution in [0.1, 0.15) is 28.8 Å². The maximum absolute atomic E-state index is 12.6. The molecule has 2 fully saturated rings. The van der Waals surface area contributed by atoms with Crippen LogP contribution >= 0.6 is 0 Å². The fourth-order valence-corrected chi connectivity index (χ4v) is 3.84. The van der Waals surface area contributed by atoms with Gasteiger partial charge in [-0.15, -0.1) is 0 Å². The predicted molar refractivity (Wildman–Crippen MR) is 97.6 cm³/mol. The van der Waals surface area contributed by atoms with Crippen LogP contribution in [0, 0.1) is 0 Å². The normalized spacial score (nSPS) is 18.7. The molecule has 1 aromatic carbocycles. The van der Waals surface area contributed by atoms with Crippen LogP contribution in [-0.2, 0) is 11.3 Å². The van der Waals surface area contributed by atoms with Crippen LogP contribution in [0.15, 0.2) is 54.9 Å². The Hall–Kier alpha value is -3.22. The molecule has 2 aliphatic rings. The molecule has 1 aromatic heterocycles. The number of likely N-dealkylation sites (tertiary alicyclic amines) is 1. The highest BCUT2D eigenvalue weighted by Crippen LogP contribution is 2.34. The minimum atomic E-state index is -0.887. The van der Waals surface area contributed by atoms with E-state index >= 15 is 0 Å². The number of hydrogen-bond acceptors (Lipinski definition) is 4. The van der Waals surface area contributed by atoms with Crippen LogP contribution in [0.5, 0.6) is 0 Å². The third-order valence-electron chi connectivity index (χ3n) is 5.39. The highest BCUT2D eigenvalue weighted by atomic mass is 16.2. The molecule has 27 heavy (non-hydrogen) atoms. The smallest absolute Gasteiger partial charge is 0.325 e. The maximum Gasteiger partial charge on any atom is 0.325 e. The Morgan fingerprint density at radius 2 is 1.70 bits per heavy atom. The first-order chi connectivity index (χ1) is 13.1. The molecule has 3 heterocycles. The fourth-order valence-electron chi connectivity index (χ4n) is 3.84. The van der Waals surface area contributed by atoms with Crippen LogP contribution in [0.2, 0.25) is 0 Å². The summed E-state index contributed by atoms with van der Waals surface area (Å²) >= 11 is 0. The van der Waals surface area contributed by atoms with Gasteiger partial charge in [-0.3, -0.25) is 19.9 Å². The Bertz CT molecular complexity index is 861. The molecule has 4 rings (SSSR count). The maximum atomic E-state index is 12.6. The number of hydrogen-bond donors (Lipinski definition) is 1. The molecule has 2 aliphatic heterocycles. The second kappa shape index (κ2) is 6.83. The SMILES string of the molecule is O=C(c1ccncc1)N1CCC2(CC1)C(=O)NC(=O)N2Cc1ccccc1. The molecule has 7 nitrogen and oxygen atoms in total. The molecule has 0 atom stereocenters. The minimum Gasteiger partial charge on any atom is -0.338 e. The number of nitrogens with zero attached hydrogens (tertiary/aromatic N) is 3. The molecule has 1 spiro atoms. The van der Waals surface area contributed by atoms with Crippen molar-refractivity contribution in [1.29, 1.82) is 0 Å². The van der Waals surface area contributed by atoms with E-state index in [0.29, 0.717) is 38.0 Å². The highest BCUT2D eigenvalue weighted by Gasteiger charge is 2.54. The van der Waals surface area contributed by atoms with E-state index in [-0.39, 0.29) is 17.8 Å². The van der Waals surface area contributed by atoms with Crippen molar-refractivity contribution in [1.82, 2.24) is 20.1 Å². The van der Waals surface area contributed by atoms with E-state index in [0.717, 1.165) is 5.56 Å². The van der Waals surface area contributed by atoms with E-state index in [9.17, 15) is 14.4 Å². The minimum absolute atomic E-state index is 0.0772. The molecule has 0 unspecified atom stereocenters. The number of piperidine rings is 1. The number of pyridine rings is 1. The predicted octanol–water partition coefficient (Wildman–Crippen LogP) is 1.81. The average molecular weight is 364 g/mol. The van der Waals surface area contributed by atoms with Crippen LogP contribution in [0.3, 0.4) is 0 Å². The number of aromatic nitrogens is 1. The van der Waals surface area contributed by atoms with Crippen molar-refractivity contribution < 1.29 is 14.4 Å². The van der Waals surface area contributed by atoms with Gasteiger partial charge in [0, 0.05) is 37.6 Å². The summed E-state index contributed by atoms with van der Waals surface area (Å²) in [5.74, 6) is -0.342. The number of nitrogens with one attached hydrogen (secondary N) is 1. The molecule has 1 N–H and O–H groups in total. The summed E-state index contributed by atoms with van der Waals surface area (Å²) in [6.45, 7) is 1.22. The Morgan fingerprint density at radius 3 is 2.37 bits per heavy atom. The molecular weight excluding hydrogens is 344 g/mol. The van der Waals surface area contributed by atoms with Gasteiger partial charge < -0.3 is 9.80 Å². The molecule has 4 amide bonds. The lowest BCUT2D eigenvalue weighted by atomic mass is 9.85. The zero-order valence-electron chi connectivity index (χ0n) is 14.8. The molecule has 2 aromatic rings. The van der Waals surface area contributed by atoms with Crippen LogP contribution < -0.4 is 5.32 Å². The van der Waals surface area contributed by atoms with Gasteiger partial charge in [-0.1, -0.05) is 30.3 Å². The molecule has 138 valence electrons. The molecule has 0 bridgehead atoms. The van der Waals surface area contributed by atoms with E-state index in [4.69, 9.17) is 0 Å². The summed E-state index contributed by atoms with van der Waals surface area (Å²) in [4.78, 5) is 45.0. The molecule has 0 radical (unpaired) electrons. The van der Waals surface area contributed by atoms with E-state index in [1.165, 1.54) is 0 Å². The van der Waals surface area contributed by atoms with E-state index < -0.39 is 5.54 Å². The summed E-state index contributed by atoms with van der Waals surface area (Å²) in [6, 6.07) is 12.6. The van der Waals surface area contributed by atoms with Gasteiger partial charge in [0.25, 0.3) is 11.8 Å². The summed E-state index contributed by atoms with van der Waals surface area (Å²) in [7, 11) is 0. The van der Waals surface area contributed by atoms with Crippen molar-refractivity contribution in [3.63, 3.8) is 0 Å². The van der Waals surface area contributed by atoms with Crippen molar-refractivity contribution in [3.8, 4) is 0 Å². The summed E-state index contributed by atoms with van der Waals surface area (Å²) in [6.07, 6.45) is 4.02. The van der Waals surface area contributed by atoms with Crippen molar-refractivity contribution in [2.75, 3.05) is 13.1 Å². The summed E-state index contributed by atoms with van der Waals surface area (Å²) in [5, 5.41) is 2.46. The van der Waals surface area contributed by atoms with E-state index in [1.807, 2.05) is 30.3 Å². The standard InChI is InChI=1S/C20H20N4O3/c25-17(16-6-10-21-11-7-16)23-12-8-20(9-13-23)18(26)22-19(27)24(20)14-15-4-2-1-3-5-15/h1-7,10-11H,8-9,12-14H2,(H,22,26,27). The zero-order chi connectivity index (χ0) is 18.9. The van der Waals surface area contributed by atoms with Gasteiger partial charge in [0.1, 0.15) is 5.54 Å². The largest absolute Gasteiger partial charge is 0.338 e. The summed E-state index contributed by atoms with van der Waals surface area (Å²) in [5.41, 5.74) is 0.660. The number of amides is 4. The Labute approximate surface area is 157 Å². The highest BCUT2D eigenvalue weighted by molar-refractivity contribution is 6.07. The van der Waals surface area contributed by atoms with Gasteiger partial charge in [-0.25, -0.2) is 4.79 Å². The first-order valence-corrected chi connectivity index (χ1v) is 8.96. The lowest BCUT2D eigenvalue weighted by molar-refractivity contribution is -0.129. The van der Waals surface area contributed by atoms with E-state index in [2.05, 4.69) is 10.3 Å². The second-order valence-corrected chi connectivity index (χ2v) is 6.89. The lowest BCUT2D eigenvalue weighted by Gasteiger charge is -2.42. The Balaban J connectivity index is 1.51. The Kier molecular flexibility index (Phi) is 4.35. The Morgan fingerprint density at radius 1 is 1.04 bits per heavy atom. The van der Waals surface area contributed by atoms with Gasteiger partial charge in [0.05, 0.1) is 0 Å². The third-order valence-corrected chi connectivity index (χ3v) is 5.39. The quantitative estimate of drug-likeness (QED) is 0.842.